The Labute approximate surface area is 74.9 Å². The summed E-state index contributed by atoms with van der Waals surface area (Å²) in [5.74, 6) is -5.82. The molecule has 4 nitrogen and oxygen atoms in total. The molecule has 6 heteroatoms. The van der Waals surface area contributed by atoms with Gasteiger partial charge in [0.25, 0.3) is 0 Å². The van der Waals surface area contributed by atoms with Crippen LogP contribution in [0.15, 0.2) is 0 Å². The number of ether oxygens (including phenoxy) is 1. The van der Waals surface area contributed by atoms with Gasteiger partial charge in [0.1, 0.15) is 0 Å². The molecule has 0 atom stereocenters. The van der Waals surface area contributed by atoms with E-state index in [1.165, 1.54) is 0 Å². The van der Waals surface area contributed by atoms with Crippen molar-refractivity contribution in [3.8, 4) is 0 Å². The molecule has 0 saturated heterocycles. The molecule has 0 heterocycles. The zero-order chi connectivity index (χ0) is 10.3. The second-order valence-corrected chi connectivity index (χ2v) is 2.38. The van der Waals surface area contributed by atoms with E-state index in [1.807, 2.05) is 0 Å². The highest BCUT2D eigenvalue weighted by Gasteiger charge is 2.37. The lowest BCUT2D eigenvalue weighted by molar-refractivity contribution is -0.164. The van der Waals surface area contributed by atoms with Crippen molar-refractivity contribution < 1.29 is 23.4 Å². The van der Waals surface area contributed by atoms with E-state index in [0.29, 0.717) is 13.2 Å². The number of alkyl halides is 2. The fourth-order valence-electron chi connectivity index (χ4n) is 0.610. The third-order valence-corrected chi connectivity index (χ3v) is 1.29. The van der Waals surface area contributed by atoms with E-state index < -0.39 is 18.4 Å². The Morgan fingerprint density at radius 2 is 2.23 bits per heavy atom. The van der Waals surface area contributed by atoms with E-state index in [4.69, 9.17) is 9.84 Å². The monoisotopic (exact) mass is 197 g/mol. The van der Waals surface area contributed by atoms with Crippen LogP contribution in [0.4, 0.5) is 8.78 Å². The van der Waals surface area contributed by atoms with E-state index in [-0.39, 0.29) is 6.54 Å². The predicted octanol–water partition coefficient (Wildman–Crippen LogP) is 0.332. The molecule has 0 spiro atoms. The Kier molecular flexibility index (Phi) is 5.48. The first-order chi connectivity index (χ1) is 6.00. The summed E-state index contributed by atoms with van der Waals surface area (Å²) in [4.78, 5) is 9.92. The van der Waals surface area contributed by atoms with Gasteiger partial charge in [0, 0.05) is 13.2 Å². The molecule has 13 heavy (non-hydrogen) atoms. The van der Waals surface area contributed by atoms with Crippen molar-refractivity contribution >= 4 is 5.97 Å². The molecule has 0 aliphatic rings. The van der Waals surface area contributed by atoms with Crippen molar-refractivity contribution in [1.82, 2.24) is 5.32 Å². The van der Waals surface area contributed by atoms with Crippen LogP contribution in [-0.4, -0.2) is 43.3 Å². The van der Waals surface area contributed by atoms with E-state index in [2.05, 4.69) is 5.32 Å². The van der Waals surface area contributed by atoms with Gasteiger partial charge in [-0.25, -0.2) is 4.79 Å². The molecule has 0 aromatic heterocycles. The van der Waals surface area contributed by atoms with Crippen molar-refractivity contribution in [2.24, 2.45) is 0 Å². The summed E-state index contributed by atoms with van der Waals surface area (Å²) in [6.45, 7) is 1.95. The molecule has 0 radical (unpaired) electrons. The summed E-state index contributed by atoms with van der Waals surface area (Å²) < 4.78 is 29.6. The molecule has 0 bridgehead atoms. The van der Waals surface area contributed by atoms with Gasteiger partial charge in [-0.15, -0.1) is 0 Å². The number of hydrogen-bond acceptors (Lipinski definition) is 3. The molecule has 0 fully saturated rings. The first-order valence-corrected chi connectivity index (χ1v) is 3.90. The normalized spacial score (nSPS) is 11.6. The van der Waals surface area contributed by atoms with Gasteiger partial charge in [0.15, 0.2) is 0 Å². The zero-order valence-corrected chi connectivity index (χ0v) is 7.35. The van der Waals surface area contributed by atoms with Gasteiger partial charge >= 0.3 is 11.9 Å². The largest absolute Gasteiger partial charge is 0.477 e. The molecule has 78 valence electrons. The van der Waals surface area contributed by atoms with Crippen LogP contribution in [-0.2, 0) is 9.53 Å². The zero-order valence-electron chi connectivity index (χ0n) is 7.35. The van der Waals surface area contributed by atoms with Crippen LogP contribution in [0.1, 0.15) is 6.92 Å². The lowest BCUT2D eigenvalue weighted by atomic mass is 10.3. The van der Waals surface area contributed by atoms with Gasteiger partial charge in [-0.05, 0) is 6.92 Å². The van der Waals surface area contributed by atoms with E-state index in [1.54, 1.807) is 6.92 Å². The van der Waals surface area contributed by atoms with Crippen LogP contribution in [0.25, 0.3) is 0 Å². The highest BCUT2D eigenvalue weighted by molar-refractivity contribution is 5.75. The highest BCUT2D eigenvalue weighted by atomic mass is 19.3. The average Bonchev–Trinajstić information content (AvgIpc) is 2.03. The average molecular weight is 197 g/mol. The third-order valence-electron chi connectivity index (χ3n) is 1.29. The lowest BCUT2D eigenvalue weighted by Gasteiger charge is -2.11. The molecule has 0 aromatic carbocycles. The third kappa shape index (κ3) is 5.48. The molecule has 0 amide bonds. The number of carboxylic acids is 1. The van der Waals surface area contributed by atoms with Crippen molar-refractivity contribution in [2.75, 3.05) is 26.3 Å². The SMILES string of the molecule is CCOCCNCC(F)(F)C(=O)O. The van der Waals surface area contributed by atoms with Crippen molar-refractivity contribution in [2.45, 2.75) is 12.8 Å². The number of carbonyl (C=O) groups is 1. The van der Waals surface area contributed by atoms with Gasteiger partial charge < -0.3 is 15.2 Å². The van der Waals surface area contributed by atoms with E-state index in [9.17, 15) is 13.6 Å². The minimum Gasteiger partial charge on any atom is -0.477 e. The number of aliphatic carboxylic acids is 1. The van der Waals surface area contributed by atoms with Gasteiger partial charge in [0.2, 0.25) is 0 Å². The summed E-state index contributed by atoms with van der Waals surface area (Å²) in [7, 11) is 0. The predicted molar refractivity (Wildman–Crippen MR) is 41.9 cm³/mol. The Hall–Kier alpha value is -0.750. The topological polar surface area (TPSA) is 58.6 Å². The Morgan fingerprint density at radius 3 is 2.69 bits per heavy atom. The van der Waals surface area contributed by atoms with Crippen LogP contribution >= 0.6 is 0 Å². The molecular weight excluding hydrogens is 184 g/mol. The van der Waals surface area contributed by atoms with Gasteiger partial charge in [-0.3, -0.25) is 0 Å². The Bertz CT molecular complexity index is 164. The molecule has 0 aliphatic carbocycles. The second-order valence-electron chi connectivity index (χ2n) is 2.38. The number of nitrogens with one attached hydrogen (secondary N) is 1. The summed E-state index contributed by atoms with van der Waals surface area (Å²) in [5, 5.41) is 10.3. The minimum atomic E-state index is -3.70. The van der Waals surface area contributed by atoms with Gasteiger partial charge in [-0.2, -0.15) is 8.78 Å². The fourth-order valence-corrected chi connectivity index (χ4v) is 0.610. The number of carboxylic acid groups (broad SMARTS) is 1. The second kappa shape index (κ2) is 5.82. The number of hydrogen-bond donors (Lipinski definition) is 2. The van der Waals surface area contributed by atoms with Gasteiger partial charge in [-0.1, -0.05) is 0 Å². The molecule has 0 aliphatic heterocycles. The maximum absolute atomic E-state index is 12.4. The maximum atomic E-state index is 12.4. The maximum Gasteiger partial charge on any atom is 0.375 e. The molecule has 2 N–H and O–H groups in total. The van der Waals surface area contributed by atoms with Crippen LogP contribution in [0.5, 0.6) is 0 Å². The number of rotatable bonds is 7. The molecule has 0 unspecified atom stereocenters. The standard InChI is InChI=1S/C7H13F2NO3/c1-2-13-4-3-10-5-7(8,9)6(11)12/h10H,2-5H2,1H3,(H,11,12). The first kappa shape index (κ1) is 12.2. The van der Waals surface area contributed by atoms with Crippen molar-refractivity contribution in [1.29, 1.82) is 0 Å². The van der Waals surface area contributed by atoms with Crippen LogP contribution in [0, 0.1) is 0 Å². The highest BCUT2D eigenvalue weighted by Crippen LogP contribution is 2.10. The summed E-state index contributed by atoms with van der Waals surface area (Å²) in [5.41, 5.74) is 0. The first-order valence-electron chi connectivity index (χ1n) is 3.90. The Balaban J connectivity index is 3.46. The molecular formula is C7H13F2NO3. The van der Waals surface area contributed by atoms with E-state index in [0.717, 1.165) is 0 Å². The van der Waals surface area contributed by atoms with Crippen LogP contribution < -0.4 is 5.32 Å². The molecule has 0 aromatic rings. The van der Waals surface area contributed by atoms with E-state index >= 15 is 0 Å². The smallest absolute Gasteiger partial charge is 0.375 e. The summed E-state index contributed by atoms with van der Waals surface area (Å²) >= 11 is 0. The quantitative estimate of drug-likeness (QED) is 0.577. The lowest BCUT2D eigenvalue weighted by Crippen LogP contribution is -2.40. The van der Waals surface area contributed by atoms with Gasteiger partial charge in [0.05, 0.1) is 13.2 Å². The molecule has 0 rings (SSSR count). The fraction of sp³-hybridized carbons (Fsp3) is 0.857. The number of halogens is 2. The summed E-state index contributed by atoms with van der Waals surface area (Å²) in [6.07, 6.45) is 0. The summed E-state index contributed by atoms with van der Waals surface area (Å²) in [6, 6.07) is 0. The molecule has 0 saturated carbocycles. The van der Waals surface area contributed by atoms with Crippen molar-refractivity contribution in [3.63, 3.8) is 0 Å². The van der Waals surface area contributed by atoms with Crippen molar-refractivity contribution in [3.05, 3.63) is 0 Å². The van der Waals surface area contributed by atoms with Crippen LogP contribution in [0.3, 0.4) is 0 Å². The Morgan fingerprint density at radius 1 is 1.62 bits per heavy atom. The minimum absolute atomic E-state index is 0.219. The van der Waals surface area contributed by atoms with Crippen LogP contribution in [0.2, 0.25) is 0 Å².